The van der Waals surface area contributed by atoms with Gasteiger partial charge < -0.3 is 5.32 Å². The van der Waals surface area contributed by atoms with Crippen molar-refractivity contribution in [2.45, 2.75) is 19.9 Å². The highest BCUT2D eigenvalue weighted by atomic mass is 14.9. The minimum Gasteiger partial charge on any atom is -0.356 e. The molecule has 2 aromatic rings. The Labute approximate surface area is 103 Å². The summed E-state index contributed by atoms with van der Waals surface area (Å²) in [6.45, 7) is 4.16. The molecule has 17 heavy (non-hydrogen) atoms. The molecule has 2 heteroatoms. The Kier molecular flexibility index (Phi) is 3.66. The van der Waals surface area contributed by atoms with Crippen LogP contribution in [0.15, 0.2) is 54.6 Å². The van der Waals surface area contributed by atoms with Crippen LogP contribution in [0.5, 0.6) is 0 Å². The lowest BCUT2D eigenvalue weighted by Crippen LogP contribution is -2.07. The van der Waals surface area contributed by atoms with Crippen molar-refractivity contribution in [2.75, 3.05) is 5.32 Å². The minimum absolute atomic E-state index is 0.336. The highest BCUT2D eigenvalue weighted by Crippen LogP contribution is 2.18. The van der Waals surface area contributed by atoms with E-state index >= 15 is 0 Å². The summed E-state index contributed by atoms with van der Waals surface area (Å²) in [6, 6.07) is 18.6. The Morgan fingerprint density at radius 3 is 2.00 bits per heavy atom. The summed E-state index contributed by atoms with van der Waals surface area (Å²) in [5.41, 5.74) is 3.21. The van der Waals surface area contributed by atoms with Crippen molar-refractivity contribution in [1.29, 1.82) is 0 Å². The van der Waals surface area contributed by atoms with E-state index in [0.717, 1.165) is 17.1 Å². The molecule has 0 amide bonds. The molecule has 0 aliphatic rings. The molecule has 0 aromatic heterocycles. The molecule has 1 N–H and O–H groups in total. The summed E-state index contributed by atoms with van der Waals surface area (Å²) < 4.78 is 0. The van der Waals surface area contributed by atoms with Crippen LogP contribution < -0.4 is 10.6 Å². The number of benzene rings is 2. The van der Waals surface area contributed by atoms with Gasteiger partial charge in [-0.05, 0) is 50.2 Å². The molecule has 0 bridgehead atoms. The van der Waals surface area contributed by atoms with E-state index in [4.69, 9.17) is 0 Å². The fourth-order valence-corrected chi connectivity index (χ4v) is 1.62. The zero-order valence-electron chi connectivity index (χ0n) is 10.2. The topological polar surface area (TPSA) is 26.1 Å². The van der Waals surface area contributed by atoms with E-state index in [0.29, 0.717) is 6.04 Å². The second-order valence-corrected chi connectivity index (χ2v) is 4.26. The van der Waals surface area contributed by atoms with Gasteiger partial charge in [0, 0.05) is 17.4 Å². The molecule has 0 unspecified atom stereocenters. The lowest BCUT2D eigenvalue weighted by atomic mass is 10.2. The molecule has 2 rings (SSSR count). The van der Waals surface area contributed by atoms with Crippen molar-refractivity contribution in [3.8, 4) is 0 Å². The highest BCUT2D eigenvalue weighted by molar-refractivity contribution is 5.61. The standard InChI is InChI=1S/C15H17N2/c1-12(2)16-14-8-10-15(11-9-14)17-13-6-4-3-5-7-13/h3-12,17H,1-2H3. The number of rotatable bonds is 4. The number of hydrogen-bond acceptors (Lipinski definition) is 1. The minimum atomic E-state index is 0.336. The normalized spacial score (nSPS) is 10.3. The predicted octanol–water partition coefficient (Wildman–Crippen LogP) is 4.07. The molecule has 1 radical (unpaired) electrons. The van der Waals surface area contributed by atoms with Crippen LogP contribution in [0.2, 0.25) is 0 Å². The summed E-state index contributed by atoms with van der Waals surface area (Å²) in [4.78, 5) is 0. The molecular weight excluding hydrogens is 208 g/mol. The molecule has 0 atom stereocenters. The van der Waals surface area contributed by atoms with Gasteiger partial charge in [-0.2, -0.15) is 0 Å². The number of nitrogens with one attached hydrogen (secondary N) is 1. The van der Waals surface area contributed by atoms with E-state index in [2.05, 4.69) is 24.5 Å². The van der Waals surface area contributed by atoms with Crippen molar-refractivity contribution in [3.05, 3.63) is 54.6 Å². The van der Waals surface area contributed by atoms with Crippen LogP contribution >= 0.6 is 0 Å². The third-order valence-corrected chi connectivity index (χ3v) is 2.34. The molecule has 0 aliphatic carbocycles. The Bertz CT molecular complexity index is 446. The van der Waals surface area contributed by atoms with E-state index in [9.17, 15) is 0 Å². The predicted molar refractivity (Wildman–Crippen MR) is 73.1 cm³/mol. The van der Waals surface area contributed by atoms with Gasteiger partial charge >= 0.3 is 0 Å². The molecular formula is C15H17N2. The van der Waals surface area contributed by atoms with Gasteiger partial charge in [-0.1, -0.05) is 18.2 Å². The fourth-order valence-electron chi connectivity index (χ4n) is 1.62. The number of hydrogen-bond donors (Lipinski definition) is 1. The molecule has 0 saturated heterocycles. The first-order valence-corrected chi connectivity index (χ1v) is 5.87. The molecule has 0 saturated carbocycles. The van der Waals surface area contributed by atoms with Crippen LogP contribution in [0, 0.1) is 0 Å². The van der Waals surface area contributed by atoms with E-state index < -0.39 is 0 Å². The first kappa shape index (κ1) is 11.5. The van der Waals surface area contributed by atoms with Crippen LogP contribution in [0.1, 0.15) is 13.8 Å². The highest BCUT2D eigenvalue weighted by Gasteiger charge is 1.98. The molecule has 87 valence electrons. The van der Waals surface area contributed by atoms with Crippen molar-refractivity contribution < 1.29 is 0 Å². The summed E-state index contributed by atoms with van der Waals surface area (Å²) in [5, 5.41) is 7.82. The first-order chi connectivity index (χ1) is 8.24. The van der Waals surface area contributed by atoms with E-state index in [1.54, 1.807) is 0 Å². The van der Waals surface area contributed by atoms with E-state index in [-0.39, 0.29) is 0 Å². The van der Waals surface area contributed by atoms with Crippen molar-refractivity contribution >= 4 is 17.1 Å². The van der Waals surface area contributed by atoms with Crippen LogP contribution in [-0.4, -0.2) is 6.04 Å². The molecule has 0 fully saturated rings. The average Bonchev–Trinajstić information content (AvgIpc) is 2.32. The van der Waals surface area contributed by atoms with Gasteiger partial charge in [-0.3, -0.25) is 5.32 Å². The van der Waals surface area contributed by atoms with Crippen LogP contribution in [0.25, 0.3) is 0 Å². The number of anilines is 2. The largest absolute Gasteiger partial charge is 0.356 e. The van der Waals surface area contributed by atoms with Crippen molar-refractivity contribution in [3.63, 3.8) is 0 Å². The number of para-hydroxylation sites is 1. The third-order valence-electron chi connectivity index (χ3n) is 2.34. The van der Waals surface area contributed by atoms with Gasteiger partial charge in [-0.15, -0.1) is 0 Å². The smallest absolute Gasteiger partial charge is 0.0578 e. The molecule has 2 nitrogen and oxygen atoms in total. The van der Waals surface area contributed by atoms with Crippen molar-refractivity contribution in [1.82, 2.24) is 5.32 Å². The quantitative estimate of drug-likeness (QED) is 0.833. The van der Waals surface area contributed by atoms with Crippen LogP contribution in [0.3, 0.4) is 0 Å². The fraction of sp³-hybridized carbons (Fsp3) is 0.200. The molecule has 0 aliphatic heterocycles. The monoisotopic (exact) mass is 225 g/mol. The first-order valence-electron chi connectivity index (χ1n) is 5.87. The van der Waals surface area contributed by atoms with Gasteiger partial charge in [0.25, 0.3) is 0 Å². The lowest BCUT2D eigenvalue weighted by Gasteiger charge is -2.09. The second-order valence-electron chi connectivity index (χ2n) is 4.26. The summed E-state index contributed by atoms with van der Waals surface area (Å²) >= 11 is 0. The zero-order chi connectivity index (χ0) is 12.1. The van der Waals surface area contributed by atoms with Gasteiger partial charge in [-0.25, -0.2) is 0 Å². The average molecular weight is 225 g/mol. The Hall–Kier alpha value is -1.96. The summed E-state index contributed by atoms with van der Waals surface area (Å²) in [7, 11) is 0. The second kappa shape index (κ2) is 5.39. The SMILES string of the molecule is CC(C)[N]c1ccc(Nc2ccccc2)cc1. The van der Waals surface area contributed by atoms with E-state index in [1.807, 2.05) is 54.6 Å². The van der Waals surface area contributed by atoms with Gasteiger partial charge in [0.05, 0.1) is 5.69 Å². The Morgan fingerprint density at radius 2 is 1.41 bits per heavy atom. The van der Waals surface area contributed by atoms with Gasteiger partial charge in [0.15, 0.2) is 0 Å². The van der Waals surface area contributed by atoms with Crippen LogP contribution in [0.4, 0.5) is 17.1 Å². The maximum atomic E-state index is 4.48. The van der Waals surface area contributed by atoms with Gasteiger partial charge in [0.1, 0.15) is 0 Å². The molecule has 0 spiro atoms. The summed E-state index contributed by atoms with van der Waals surface area (Å²) in [6.07, 6.45) is 0. The van der Waals surface area contributed by atoms with E-state index in [1.165, 1.54) is 0 Å². The summed E-state index contributed by atoms with van der Waals surface area (Å²) in [5.74, 6) is 0. The lowest BCUT2D eigenvalue weighted by molar-refractivity contribution is 0.698. The maximum absolute atomic E-state index is 4.48. The van der Waals surface area contributed by atoms with Crippen molar-refractivity contribution in [2.24, 2.45) is 0 Å². The Morgan fingerprint density at radius 1 is 0.824 bits per heavy atom. The molecule has 2 aromatic carbocycles. The van der Waals surface area contributed by atoms with Gasteiger partial charge in [0.2, 0.25) is 0 Å². The number of nitrogens with zero attached hydrogens (tertiary/aromatic N) is 1. The zero-order valence-corrected chi connectivity index (χ0v) is 10.2. The third kappa shape index (κ3) is 3.52. The maximum Gasteiger partial charge on any atom is 0.0578 e. The Balaban J connectivity index is 2.03. The molecule has 0 heterocycles. The van der Waals surface area contributed by atoms with Crippen LogP contribution in [-0.2, 0) is 0 Å².